The first-order valence-electron chi connectivity index (χ1n) is 6.93. The average molecular weight is 287 g/mol. The van der Waals surface area contributed by atoms with E-state index in [0.29, 0.717) is 6.04 Å². The summed E-state index contributed by atoms with van der Waals surface area (Å²) >= 11 is 7.66. The highest BCUT2D eigenvalue weighted by Crippen LogP contribution is 2.34. The molecular weight excluding hydrogens is 264 g/mol. The third-order valence-corrected chi connectivity index (χ3v) is 5.49. The molecule has 1 aromatic heterocycles. The molecule has 0 amide bonds. The number of halogens is 1. The van der Waals surface area contributed by atoms with Crippen LogP contribution >= 0.6 is 22.9 Å². The van der Waals surface area contributed by atoms with Crippen LogP contribution in [-0.4, -0.2) is 6.04 Å². The van der Waals surface area contributed by atoms with E-state index in [1.165, 1.54) is 37.0 Å². The van der Waals surface area contributed by atoms with Gasteiger partial charge < -0.3 is 0 Å². The Balaban J connectivity index is 1.95. The fourth-order valence-corrected chi connectivity index (χ4v) is 4.25. The normalized spacial score (nSPS) is 26.2. The molecule has 1 aliphatic carbocycles. The van der Waals surface area contributed by atoms with E-state index in [2.05, 4.69) is 18.4 Å². The van der Waals surface area contributed by atoms with Gasteiger partial charge >= 0.3 is 0 Å². The van der Waals surface area contributed by atoms with Gasteiger partial charge in [0.2, 0.25) is 0 Å². The minimum absolute atomic E-state index is 0.397. The van der Waals surface area contributed by atoms with Gasteiger partial charge in [-0.25, -0.2) is 0 Å². The van der Waals surface area contributed by atoms with Gasteiger partial charge in [-0.05, 0) is 43.2 Å². The second-order valence-corrected chi connectivity index (χ2v) is 7.18. The molecule has 2 nitrogen and oxygen atoms in total. The fraction of sp³-hybridized carbons (Fsp3) is 0.714. The first-order chi connectivity index (χ1) is 8.72. The monoisotopic (exact) mass is 286 g/mol. The minimum atomic E-state index is 0.397. The highest BCUT2D eigenvalue weighted by atomic mass is 35.5. The molecule has 0 spiro atoms. The van der Waals surface area contributed by atoms with Gasteiger partial charge in [0.15, 0.2) is 0 Å². The second kappa shape index (κ2) is 6.90. The number of hydrazine groups is 1. The zero-order valence-electron chi connectivity index (χ0n) is 11.0. The Bertz CT molecular complexity index is 366. The molecule has 2 rings (SSSR count). The first kappa shape index (κ1) is 14.3. The molecular formula is C14H23ClN2S. The van der Waals surface area contributed by atoms with Crippen molar-refractivity contribution in [1.29, 1.82) is 0 Å². The van der Waals surface area contributed by atoms with E-state index < -0.39 is 0 Å². The summed E-state index contributed by atoms with van der Waals surface area (Å²) < 4.78 is 0.871. The Labute approximate surface area is 119 Å². The van der Waals surface area contributed by atoms with Crippen molar-refractivity contribution in [2.75, 3.05) is 0 Å². The van der Waals surface area contributed by atoms with Crippen LogP contribution in [-0.2, 0) is 6.42 Å². The lowest BCUT2D eigenvalue weighted by Gasteiger charge is -2.33. The molecule has 0 saturated heterocycles. The predicted molar refractivity (Wildman–Crippen MR) is 79.9 cm³/mol. The molecule has 1 aromatic rings. The smallest absolute Gasteiger partial charge is 0.0931 e. The molecule has 18 heavy (non-hydrogen) atoms. The molecule has 3 N–H and O–H groups in total. The first-order valence-corrected chi connectivity index (χ1v) is 8.12. The van der Waals surface area contributed by atoms with Gasteiger partial charge in [0.1, 0.15) is 0 Å². The molecule has 0 aliphatic heterocycles. The number of nitrogens with one attached hydrogen (secondary N) is 1. The molecule has 3 atom stereocenters. The van der Waals surface area contributed by atoms with Gasteiger partial charge in [-0.3, -0.25) is 11.3 Å². The van der Waals surface area contributed by atoms with Gasteiger partial charge in [0.25, 0.3) is 0 Å². The molecule has 102 valence electrons. The SMILES string of the molecule is CCC1CCCC(C(Cc2ccc(Cl)s2)NN)C1. The Kier molecular flexibility index (Phi) is 5.49. The van der Waals surface area contributed by atoms with E-state index in [4.69, 9.17) is 17.4 Å². The maximum Gasteiger partial charge on any atom is 0.0931 e. The molecule has 1 heterocycles. The predicted octanol–water partition coefficient (Wildman–Crippen LogP) is 3.99. The molecule has 0 aromatic carbocycles. The number of hydrogen-bond acceptors (Lipinski definition) is 3. The Morgan fingerprint density at radius 3 is 2.94 bits per heavy atom. The molecule has 1 fully saturated rings. The third kappa shape index (κ3) is 3.70. The number of thiophene rings is 1. The lowest BCUT2D eigenvalue weighted by molar-refractivity contribution is 0.208. The summed E-state index contributed by atoms with van der Waals surface area (Å²) in [5, 5.41) is 0. The van der Waals surface area contributed by atoms with Gasteiger partial charge in [-0.1, -0.05) is 37.8 Å². The second-order valence-electron chi connectivity index (χ2n) is 5.38. The molecule has 3 unspecified atom stereocenters. The van der Waals surface area contributed by atoms with Crippen molar-refractivity contribution in [3.8, 4) is 0 Å². The zero-order chi connectivity index (χ0) is 13.0. The molecule has 0 bridgehead atoms. The quantitative estimate of drug-likeness (QED) is 0.634. The van der Waals surface area contributed by atoms with E-state index in [0.717, 1.165) is 22.6 Å². The van der Waals surface area contributed by atoms with Crippen LogP contribution in [0.25, 0.3) is 0 Å². The average Bonchev–Trinajstić information content (AvgIpc) is 2.81. The molecule has 1 aliphatic rings. The lowest BCUT2D eigenvalue weighted by Crippen LogP contribution is -2.43. The fourth-order valence-electron chi connectivity index (χ4n) is 3.11. The van der Waals surface area contributed by atoms with E-state index in [9.17, 15) is 0 Å². The van der Waals surface area contributed by atoms with Crippen molar-refractivity contribution >= 4 is 22.9 Å². The van der Waals surface area contributed by atoms with Crippen LogP contribution in [0.15, 0.2) is 12.1 Å². The Hall–Kier alpha value is -0.0900. The summed E-state index contributed by atoms with van der Waals surface area (Å²) in [5.74, 6) is 7.38. The molecule has 4 heteroatoms. The molecule has 0 radical (unpaired) electrons. The van der Waals surface area contributed by atoms with Gasteiger partial charge in [-0.15, -0.1) is 11.3 Å². The van der Waals surface area contributed by atoms with E-state index >= 15 is 0 Å². The highest BCUT2D eigenvalue weighted by Gasteiger charge is 2.27. The van der Waals surface area contributed by atoms with Gasteiger partial charge in [0.05, 0.1) is 4.34 Å². The number of hydrogen-bond donors (Lipinski definition) is 2. The van der Waals surface area contributed by atoms with Crippen molar-refractivity contribution in [3.63, 3.8) is 0 Å². The minimum Gasteiger partial charge on any atom is -0.271 e. The van der Waals surface area contributed by atoms with Gasteiger partial charge in [-0.2, -0.15) is 0 Å². The van der Waals surface area contributed by atoms with Crippen LogP contribution in [0.5, 0.6) is 0 Å². The Morgan fingerprint density at radius 1 is 1.50 bits per heavy atom. The van der Waals surface area contributed by atoms with Crippen LogP contribution in [0, 0.1) is 11.8 Å². The largest absolute Gasteiger partial charge is 0.271 e. The molecule has 1 saturated carbocycles. The van der Waals surface area contributed by atoms with E-state index in [1.54, 1.807) is 11.3 Å². The van der Waals surface area contributed by atoms with Crippen molar-refractivity contribution in [3.05, 3.63) is 21.3 Å². The highest BCUT2D eigenvalue weighted by molar-refractivity contribution is 7.16. The summed E-state index contributed by atoms with van der Waals surface area (Å²) in [7, 11) is 0. The topological polar surface area (TPSA) is 38.0 Å². The Morgan fingerprint density at radius 2 is 2.33 bits per heavy atom. The maximum absolute atomic E-state index is 5.99. The summed E-state index contributed by atoms with van der Waals surface area (Å²) in [4.78, 5) is 1.33. The van der Waals surface area contributed by atoms with Crippen LogP contribution in [0.1, 0.15) is 43.9 Å². The van der Waals surface area contributed by atoms with E-state index in [-0.39, 0.29) is 0 Å². The summed E-state index contributed by atoms with van der Waals surface area (Å²) in [6, 6.07) is 4.50. The van der Waals surface area contributed by atoms with Crippen molar-refractivity contribution in [2.24, 2.45) is 17.7 Å². The van der Waals surface area contributed by atoms with Crippen LogP contribution in [0.3, 0.4) is 0 Å². The number of rotatable bonds is 5. The van der Waals surface area contributed by atoms with Crippen molar-refractivity contribution in [2.45, 2.75) is 51.5 Å². The standard InChI is InChI=1S/C14H23ClN2S/c1-2-10-4-3-5-11(8-10)13(17-16)9-12-6-7-14(15)18-12/h6-7,10-11,13,17H,2-5,8-9,16H2,1H3. The summed E-state index contributed by atoms with van der Waals surface area (Å²) in [6.07, 6.45) is 7.70. The van der Waals surface area contributed by atoms with Crippen LogP contribution < -0.4 is 11.3 Å². The van der Waals surface area contributed by atoms with Crippen LogP contribution in [0.2, 0.25) is 4.34 Å². The third-order valence-electron chi connectivity index (χ3n) is 4.23. The zero-order valence-corrected chi connectivity index (χ0v) is 12.6. The lowest BCUT2D eigenvalue weighted by atomic mass is 9.76. The van der Waals surface area contributed by atoms with Crippen molar-refractivity contribution in [1.82, 2.24) is 5.43 Å². The van der Waals surface area contributed by atoms with E-state index in [1.807, 2.05) is 6.07 Å². The maximum atomic E-state index is 5.99. The number of nitrogens with two attached hydrogens (primary N) is 1. The van der Waals surface area contributed by atoms with Gasteiger partial charge in [0, 0.05) is 10.9 Å². The van der Waals surface area contributed by atoms with Crippen molar-refractivity contribution < 1.29 is 0 Å². The summed E-state index contributed by atoms with van der Waals surface area (Å²) in [5.41, 5.74) is 3.04. The summed E-state index contributed by atoms with van der Waals surface area (Å²) in [6.45, 7) is 2.30. The van der Waals surface area contributed by atoms with Crippen LogP contribution in [0.4, 0.5) is 0 Å².